The first kappa shape index (κ1) is 28.5. The van der Waals surface area contributed by atoms with Crippen LogP contribution in [0.1, 0.15) is 11.1 Å². The molecule has 0 N–H and O–H groups in total. The molecule has 0 spiro atoms. The molecule has 0 amide bonds. The Bertz CT molecular complexity index is 2310. The van der Waals surface area contributed by atoms with Crippen LogP contribution >= 0.6 is 0 Å². The first-order chi connectivity index (χ1) is 23.1. The van der Waals surface area contributed by atoms with Crippen molar-refractivity contribution < 1.29 is 0 Å². The maximum absolute atomic E-state index is 2.39. The fourth-order valence-corrected chi connectivity index (χ4v) is 6.97. The standard InChI is InChI=1S/C46H35N/c1-32-13-11-19-39(29-32)47(40-20-12-14-33(2)30-40)38-26-23-34(24-27-38)37-25-28-43-44(31-37)46(36-17-7-4-8-18-36)42-22-10-9-21-41(42)45(43)35-15-5-3-6-16-35/h3-31H,1-2H3. The maximum atomic E-state index is 2.39. The van der Waals surface area contributed by atoms with Crippen LogP contribution in [0.4, 0.5) is 17.1 Å². The predicted octanol–water partition coefficient (Wildman–Crippen LogP) is 13.1. The molecule has 0 aliphatic rings. The molecule has 0 saturated heterocycles. The van der Waals surface area contributed by atoms with Crippen molar-refractivity contribution in [1.29, 1.82) is 0 Å². The van der Waals surface area contributed by atoms with E-state index in [9.17, 15) is 0 Å². The van der Waals surface area contributed by atoms with Gasteiger partial charge in [0.05, 0.1) is 0 Å². The Balaban J connectivity index is 1.31. The Morgan fingerprint density at radius 1 is 0.298 bits per heavy atom. The molecule has 47 heavy (non-hydrogen) atoms. The van der Waals surface area contributed by atoms with Gasteiger partial charge in [0.1, 0.15) is 0 Å². The van der Waals surface area contributed by atoms with E-state index in [-0.39, 0.29) is 0 Å². The van der Waals surface area contributed by atoms with Crippen LogP contribution in [-0.4, -0.2) is 0 Å². The molecule has 224 valence electrons. The van der Waals surface area contributed by atoms with Crippen LogP contribution < -0.4 is 4.90 Å². The molecule has 0 aliphatic heterocycles. The topological polar surface area (TPSA) is 3.24 Å². The summed E-state index contributed by atoms with van der Waals surface area (Å²) in [6.45, 7) is 4.30. The Morgan fingerprint density at radius 2 is 0.766 bits per heavy atom. The lowest BCUT2D eigenvalue weighted by atomic mass is 9.85. The molecular weight excluding hydrogens is 567 g/mol. The molecule has 8 aromatic carbocycles. The largest absolute Gasteiger partial charge is 0.310 e. The van der Waals surface area contributed by atoms with Gasteiger partial charge in [-0.05, 0) is 122 Å². The van der Waals surface area contributed by atoms with Crippen LogP contribution in [-0.2, 0) is 0 Å². The van der Waals surface area contributed by atoms with Gasteiger partial charge in [-0.15, -0.1) is 0 Å². The Labute approximate surface area is 277 Å². The third-order valence-corrected chi connectivity index (χ3v) is 9.13. The molecule has 0 aromatic heterocycles. The number of aryl methyl sites for hydroxylation is 2. The van der Waals surface area contributed by atoms with Gasteiger partial charge in [0, 0.05) is 17.1 Å². The minimum Gasteiger partial charge on any atom is -0.310 e. The Kier molecular flexibility index (Phi) is 7.36. The van der Waals surface area contributed by atoms with Crippen molar-refractivity contribution in [3.8, 4) is 33.4 Å². The number of nitrogens with zero attached hydrogens (tertiary/aromatic N) is 1. The zero-order valence-electron chi connectivity index (χ0n) is 26.7. The first-order valence-corrected chi connectivity index (χ1v) is 16.3. The molecule has 0 fully saturated rings. The highest BCUT2D eigenvalue weighted by atomic mass is 15.1. The zero-order valence-corrected chi connectivity index (χ0v) is 26.7. The van der Waals surface area contributed by atoms with Crippen molar-refractivity contribution >= 4 is 38.6 Å². The molecule has 0 bridgehead atoms. The number of hydrogen-bond donors (Lipinski definition) is 0. The highest BCUT2D eigenvalue weighted by Crippen LogP contribution is 2.45. The van der Waals surface area contributed by atoms with Gasteiger partial charge in [-0.3, -0.25) is 0 Å². The second-order valence-electron chi connectivity index (χ2n) is 12.3. The van der Waals surface area contributed by atoms with E-state index in [0.29, 0.717) is 0 Å². The van der Waals surface area contributed by atoms with Crippen molar-refractivity contribution in [1.82, 2.24) is 0 Å². The van der Waals surface area contributed by atoms with Gasteiger partial charge >= 0.3 is 0 Å². The first-order valence-electron chi connectivity index (χ1n) is 16.3. The normalized spacial score (nSPS) is 11.2. The van der Waals surface area contributed by atoms with Crippen LogP contribution in [0.25, 0.3) is 54.9 Å². The fourth-order valence-electron chi connectivity index (χ4n) is 6.97. The van der Waals surface area contributed by atoms with E-state index in [1.807, 2.05) is 0 Å². The number of anilines is 3. The third-order valence-electron chi connectivity index (χ3n) is 9.13. The minimum atomic E-state index is 1.13. The molecule has 1 nitrogen and oxygen atoms in total. The van der Waals surface area contributed by atoms with Gasteiger partial charge in [0.25, 0.3) is 0 Å². The fraction of sp³-hybridized carbons (Fsp3) is 0.0435. The molecule has 0 atom stereocenters. The molecule has 1 heteroatoms. The highest BCUT2D eigenvalue weighted by Gasteiger charge is 2.18. The van der Waals surface area contributed by atoms with E-state index in [2.05, 4.69) is 195 Å². The van der Waals surface area contributed by atoms with Gasteiger partial charge in [0.15, 0.2) is 0 Å². The number of fused-ring (bicyclic) bond motifs is 2. The van der Waals surface area contributed by atoms with Crippen molar-refractivity contribution in [2.75, 3.05) is 4.90 Å². The lowest BCUT2D eigenvalue weighted by Gasteiger charge is -2.26. The quantitative estimate of drug-likeness (QED) is 0.171. The van der Waals surface area contributed by atoms with Crippen LogP contribution in [0.2, 0.25) is 0 Å². The monoisotopic (exact) mass is 601 g/mol. The summed E-state index contributed by atoms with van der Waals surface area (Å²) >= 11 is 0. The van der Waals surface area contributed by atoms with E-state index >= 15 is 0 Å². The molecule has 0 radical (unpaired) electrons. The van der Waals surface area contributed by atoms with Crippen molar-refractivity contribution in [3.63, 3.8) is 0 Å². The van der Waals surface area contributed by atoms with Gasteiger partial charge in [-0.2, -0.15) is 0 Å². The minimum absolute atomic E-state index is 1.13. The second kappa shape index (κ2) is 12.1. The van der Waals surface area contributed by atoms with Crippen molar-refractivity contribution in [2.24, 2.45) is 0 Å². The Morgan fingerprint density at radius 3 is 1.30 bits per heavy atom. The Hall–Kier alpha value is -5.92. The summed E-state index contributed by atoms with van der Waals surface area (Å²) in [7, 11) is 0. The summed E-state index contributed by atoms with van der Waals surface area (Å²) in [6.07, 6.45) is 0. The average Bonchev–Trinajstić information content (AvgIpc) is 3.11. The van der Waals surface area contributed by atoms with Crippen molar-refractivity contribution in [2.45, 2.75) is 13.8 Å². The lowest BCUT2D eigenvalue weighted by molar-refractivity contribution is 1.26. The van der Waals surface area contributed by atoms with Crippen LogP contribution in [0.5, 0.6) is 0 Å². The molecule has 0 unspecified atom stereocenters. The number of rotatable bonds is 6. The van der Waals surface area contributed by atoms with Gasteiger partial charge in [-0.1, -0.05) is 133 Å². The summed E-state index contributed by atoms with van der Waals surface area (Å²) in [5.74, 6) is 0. The summed E-state index contributed by atoms with van der Waals surface area (Å²) in [4.78, 5) is 2.34. The predicted molar refractivity (Wildman–Crippen MR) is 202 cm³/mol. The summed E-state index contributed by atoms with van der Waals surface area (Å²) in [5, 5.41) is 5.06. The van der Waals surface area contributed by atoms with Gasteiger partial charge < -0.3 is 4.90 Å². The smallest absolute Gasteiger partial charge is 0.0464 e. The molecule has 0 aliphatic carbocycles. The van der Waals surface area contributed by atoms with Gasteiger partial charge in [-0.25, -0.2) is 0 Å². The zero-order chi connectivity index (χ0) is 31.7. The van der Waals surface area contributed by atoms with Crippen LogP contribution in [0.3, 0.4) is 0 Å². The van der Waals surface area contributed by atoms with E-state index in [1.54, 1.807) is 0 Å². The molecular formula is C46H35N. The number of benzene rings is 8. The SMILES string of the molecule is Cc1cccc(N(c2ccc(-c3ccc4c(-c5ccccc5)c5ccccc5c(-c5ccccc5)c4c3)cc2)c2cccc(C)c2)c1. The van der Waals surface area contributed by atoms with E-state index in [1.165, 1.54) is 66.1 Å². The molecule has 0 saturated carbocycles. The third kappa shape index (κ3) is 5.37. The van der Waals surface area contributed by atoms with Crippen LogP contribution in [0.15, 0.2) is 176 Å². The lowest BCUT2D eigenvalue weighted by Crippen LogP contribution is -2.10. The van der Waals surface area contributed by atoms with E-state index in [0.717, 1.165) is 17.1 Å². The molecule has 8 rings (SSSR count). The molecule has 8 aromatic rings. The summed E-state index contributed by atoms with van der Waals surface area (Å²) in [6, 6.07) is 64.0. The van der Waals surface area contributed by atoms with E-state index < -0.39 is 0 Å². The average molecular weight is 602 g/mol. The maximum Gasteiger partial charge on any atom is 0.0464 e. The highest BCUT2D eigenvalue weighted by molar-refractivity contribution is 6.21. The summed E-state index contributed by atoms with van der Waals surface area (Å²) in [5.41, 5.74) is 13.3. The number of hydrogen-bond acceptors (Lipinski definition) is 1. The van der Waals surface area contributed by atoms with Gasteiger partial charge in [0.2, 0.25) is 0 Å². The molecule has 0 heterocycles. The summed E-state index contributed by atoms with van der Waals surface area (Å²) < 4.78 is 0. The van der Waals surface area contributed by atoms with E-state index in [4.69, 9.17) is 0 Å². The second-order valence-corrected chi connectivity index (χ2v) is 12.3. The van der Waals surface area contributed by atoms with Crippen molar-refractivity contribution in [3.05, 3.63) is 187 Å². The van der Waals surface area contributed by atoms with Crippen LogP contribution in [0, 0.1) is 13.8 Å².